The van der Waals surface area contributed by atoms with Crippen LogP contribution in [0.15, 0.2) is 0 Å². The zero-order valence-electron chi connectivity index (χ0n) is 23.2. The maximum atomic E-state index is 10.5. The fraction of sp³-hybridized carbons (Fsp3) is 0.967. The van der Waals surface area contributed by atoms with Gasteiger partial charge < -0.3 is 5.11 Å². The van der Waals surface area contributed by atoms with Crippen molar-refractivity contribution in [2.45, 2.75) is 174 Å². The molecule has 0 bridgehead atoms. The van der Waals surface area contributed by atoms with E-state index in [4.69, 9.17) is 5.11 Å². The van der Waals surface area contributed by atoms with Crippen LogP contribution in [0.2, 0.25) is 0 Å². The molecule has 1 aliphatic heterocycles. The largest absolute Gasteiger partial charge is 0.481 e. The van der Waals surface area contributed by atoms with E-state index in [1.54, 1.807) is 0 Å². The van der Waals surface area contributed by atoms with Crippen LogP contribution in [-0.2, 0) is 4.79 Å². The third-order valence-electron chi connectivity index (χ3n) is 8.40. The van der Waals surface area contributed by atoms with Gasteiger partial charge in [-0.05, 0) is 59.9 Å². The molecule has 0 amide bonds. The number of carbonyl (C=O) groups is 1. The maximum Gasteiger partial charge on any atom is 0.303 e. The van der Waals surface area contributed by atoms with Crippen LogP contribution in [0.4, 0.5) is 0 Å². The van der Waals surface area contributed by atoms with Gasteiger partial charge in [0.2, 0.25) is 0 Å². The van der Waals surface area contributed by atoms with E-state index < -0.39 is 5.97 Å². The second-order valence-electron chi connectivity index (χ2n) is 12.4. The minimum absolute atomic E-state index is 0.343. The number of carboxylic acids is 1. The predicted octanol–water partition coefficient (Wildman–Crippen LogP) is 9.38. The molecule has 3 nitrogen and oxygen atoms in total. The zero-order chi connectivity index (χ0) is 24.6. The SMILES string of the molecule is CN1C(C)(C)CC(CCCCCCCCCCCCCCCCCCCC(=O)O)CC1(C)C. The molecule has 0 unspecified atom stereocenters. The molecule has 1 rings (SSSR count). The van der Waals surface area contributed by atoms with Gasteiger partial charge in [-0.25, -0.2) is 0 Å². The van der Waals surface area contributed by atoms with E-state index in [0.717, 1.165) is 18.8 Å². The summed E-state index contributed by atoms with van der Waals surface area (Å²) < 4.78 is 0. The van der Waals surface area contributed by atoms with Gasteiger partial charge in [0.25, 0.3) is 0 Å². The van der Waals surface area contributed by atoms with Crippen molar-refractivity contribution in [2.24, 2.45) is 5.92 Å². The molecule has 1 saturated heterocycles. The van der Waals surface area contributed by atoms with E-state index in [9.17, 15) is 4.79 Å². The maximum absolute atomic E-state index is 10.5. The summed E-state index contributed by atoms with van der Waals surface area (Å²) in [6.45, 7) is 9.71. The molecular formula is C30H59NO2. The van der Waals surface area contributed by atoms with Gasteiger partial charge in [0.15, 0.2) is 0 Å². The third kappa shape index (κ3) is 14.4. The fourth-order valence-electron chi connectivity index (χ4n) is 6.14. The van der Waals surface area contributed by atoms with Crippen molar-refractivity contribution in [1.29, 1.82) is 0 Å². The standard InChI is InChI=1S/C30H59NO2/c1-29(2)25-27(26-30(3,4)31(29)5)23-21-19-17-15-13-11-9-7-6-8-10-12-14-16-18-20-22-24-28(32)33/h27H,6-26H2,1-5H3,(H,32,33). The first-order chi connectivity index (χ1) is 15.6. The molecule has 3 heteroatoms. The van der Waals surface area contributed by atoms with Crippen molar-refractivity contribution in [3.05, 3.63) is 0 Å². The molecule has 196 valence electrons. The number of likely N-dealkylation sites (tertiary alicyclic amines) is 1. The van der Waals surface area contributed by atoms with Gasteiger partial charge in [-0.3, -0.25) is 9.69 Å². The molecule has 1 N–H and O–H groups in total. The summed E-state index contributed by atoms with van der Waals surface area (Å²) in [5.74, 6) is 0.261. The number of hydrogen-bond donors (Lipinski definition) is 1. The lowest BCUT2D eigenvalue weighted by Crippen LogP contribution is -2.58. The number of aliphatic carboxylic acids is 1. The van der Waals surface area contributed by atoms with Crippen LogP contribution in [0, 0.1) is 5.92 Å². The van der Waals surface area contributed by atoms with Crippen LogP contribution < -0.4 is 0 Å². The van der Waals surface area contributed by atoms with Crippen LogP contribution in [0.1, 0.15) is 163 Å². The minimum Gasteiger partial charge on any atom is -0.481 e. The average molecular weight is 466 g/mol. The summed E-state index contributed by atoms with van der Waals surface area (Å²) in [5, 5.41) is 8.62. The Morgan fingerprint density at radius 3 is 1.27 bits per heavy atom. The van der Waals surface area contributed by atoms with Gasteiger partial charge in [0.05, 0.1) is 0 Å². The summed E-state index contributed by atoms with van der Waals surface area (Å²) in [6.07, 6.45) is 27.3. The third-order valence-corrected chi connectivity index (χ3v) is 8.40. The van der Waals surface area contributed by atoms with E-state index in [1.165, 1.54) is 116 Å². The first kappa shape index (κ1) is 30.5. The Morgan fingerprint density at radius 1 is 0.636 bits per heavy atom. The van der Waals surface area contributed by atoms with E-state index in [0.29, 0.717) is 17.5 Å². The monoisotopic (exact) mass is 465 g/mol. The quantitative estimate of drug-likeness (QED) is 0.182. The van der Waals surface area contributed by atoms with Crippen LogP contribution in [0.3, 0.4) is 0 Å². The number of rotatable bonds is 20. The fourth-order valence-corrected chi connectivity index (χ4v) is 6.14. The van der Waals surface area contributed by atoms with Crippen molar-refractivity contribution >= 4 is 5.97 Å². The number of carboxylic acid groups (broad SMARTS) is 1. The van der Waals surface area contributed by atoms with Crippen molar-refractivity contribution in [2.75, 3.05) is 7.05 Å². The van der Waals surface area contributed by atoms with Gasteiger partial charge in [0.1, 0.15) is 0 Å². The zero-order valence-corrected chi connectivity index (χ0v) is 23.2. The molecule has 0 radical (unpaired) electrons. The van der Waals surface area contributed by atoms with Crippen molar-refractivity contribution in [3.8, 4) is 0 Å². The summed E-state index contributed by atoms with van der Waals surface area (Å²) >= 11 is 0. The highest BCUT2D eigenvalue weighted by molar-refractivity contribution is 5.66. The van der Waals surface area contributed by atoms with Crippen molar-refractivity contribution in [3.63, 3.8) is 0 Å². The first-order valence-corrected chi connectivity index (χ1v) is 14.6. The Labute approximate surface area is 207 Å². The minimum atomic E-state index is -0.651. The molecule has 0 aromatic carbocycles. The number of unbranched alkanes of at least 4 members (excludes halogenated alkanes) is 16. The second kappa shape index (κ2) is 17.0. The van der Waals surface area contributed by atoms with E-state index in [1.807, 2.05) is 0 Å². The Balaban J connectivity index is 1.82. The van der Waals surface area contributed by atoms with Gasteiger partial charge >= 0.3 is 5.97 Å². The lowest BCUT2D eigenvalue weighted by Gasteiger charge is -2.54. The number of nitrogens with zero attached hydrogens (tertiary/aromatic N) is 1. The Morgan fingerprint density at radius 2 is 0.939 bits per heavy atom. The molecule has 1 fully saturated rings. The Kier molecular flexibility index (Phi) is 15.7. The van der Waals surface area contributed by atoms with E-state index in [-0.39, 0.29) is 0 Å². The topological polar surface area (TPSA) is 40.5 Å². The van der Waals surface area contributed by atoms with E-state index in [2.05, 4.69) is 39.6 Å². The van der Waals surface area contributed by atoms with Gasteiger partial charge in [0, 0.05) is 17.5 Å². The Hall–Kier alpha value is -0.570. The molecule has 0 saturated carbocycles. The van der Waals surface area contributed by atoms with Crippen molar-refractivity contribution < 1.29 is 9.90 Å². The van der Waals surface area contributed by atoms with Gasteiger partial charge in [-0.1, -0.05) is 109 Å². The average Bonchev–Trinajstić information content (AvgIpc) is 2.73. The molecule has 0 atom stereocenters. The number of hydrogen-bond acceptors (Lipinski definition) is 2. The molecule has 0 aromatic rings. The number of piperidine rings is 1. The van der Waals surface area contributed by atoms with E-state index >= 15 is 0 Å². The Bertz CT molecular complexity index is 482. The highest BCUT2D eigenvalue weighted by Crippen LogP contribution is 2.41. The van der Waals surface area contributed by atoms with Crippen LogP contribution >= 0.6 is 0 Å². The summed E-state index contributed by atoms with van der Waals surface area (Å²) in [5.41, 5.74) is 0.688. The summed E-state index contributed by atoms with van der Waals surface area (Å²) in [4.78, 5) is 13.1. The molecule has 0 spiro atoms. The predicted molar refractivity (Wildman–Crippen MR) is 144 cm³/mol. The van der Waals surface area contributed by atoms with Crippen LogP contribution in [0.5, 0.6) is 0 Å². The molecule has 1 heterocycles. The molecule has 0 aromatic heterocycles. The van der Waals surface area contributed by atoms with Crippen molar-refractivity contribution in [1.82, 2.24) is 4.90 Å². The lowest BCUT2D eigenvalue weighted by molar-refractivity contribution is -0.137. The summed E-state index contributed by atoms with van der Waals surface area (Å²) in [6, 6.07) is 0. The second-order valence-corrected chi connectivity index (χ2v) is 12.4. The molecule has 1 aliphatic rings. The summed E-state index contributed by atoms with van der Waals surface area (Å²) in [7, 11) is 2.31. The first-order valence-electron chi connectivity index (χ1n) is 14.6. The molecule has 0 aliphatic carbocycles. The highest BCUT2D eigenvalue weighted by atomic mass is 16.4. The van der Waals surface area contributed by atoms with Crippen LogP contribution in [-0.4, -0.2) is 34.1 Å². The molecular weight excluding hydrogens is 406 g/mol. The van der Waals surface area contributed by atoms with Crippen LogP contribution in [0.25, 0.3) is 0 Å². The normalized spacial score (nSPS) is 18.6. The van der Waals surface area contributed by atoms with Gasteiger partial charge in [-0.15, -0.1) is 0 Å². The smallest absolute Gasteiger partial charge is 0.303 e. The highest BCUT2D eigenvalue weighted by Gasteiger charge is 2.42. The van der Waals surface area contributed by atoms with Gasteiger partial charge in [-0.2, -0.15) is 0 Å². The lowest BCUT2D eigenvalue weighted by atomic mass is 9.72. The molecule has 33 heavy (non-hydrogen) atoms.